The molecular weight excluding hydrogens is 290 g/mol. The van der Waals surface area contributed by atoms with Crippen molar-refractivity contribution < 1.29 is 4.79 Å². The van der Waals surface area contributed by atoms with Gasteiger partial charge in [-0.25, -0.2) is 0 Å². The summed E-state index contributed by atoms with van der Waals surface area (Å²) in [5.74, 6) is -0.0163. The predicted molar refractivity (Wildman–Crippen MR) is 81.0 cm³/mol. The first-order valence-corrected chi connectivity index (χ1v) is 7.39. The molecular formula is C14H20ClN5O. The minimum absolute atomic E-state index is 0.0163. The fourth-order valence-corrected chi connectivity index (χ4v) is 2.36. The van der Waals surface area contributed by atoms with Crippen molar-refractivity contribution in [3.8, 4) is 0 Å². The molecule has 2 aromatic heterocycles. The van der Waals surface area contributed by atoms with E-state index in [-0.39, 0.29) is 11.9 Å². The SMILES string of the molecule is CCn1nccc1C(C)NC(=O)CCn1ncc(Cl)c1C. The number of carbonyl (C=O) groups is 1. The topological polar surface area (TPSA) is 64.7 Å². The van der Waals surface area contributed by atoms with Gasteiger partial charge in [-0.3, -0.25) is 14.2 Å². The zero-order valence-corrected chi connectivity index (χ0v) is 13.3. The second-order valence-electron chi connectivity index (χ2n) is 4.91. The Hall–Kier alpha value is -1.82. The maximum atomic E-state index is 12.0. The van der Waals surface area contributed by atoms with Crippen LogP contribution in [0.15, 0.2) is 18.5 Å². The van der Waals surface area contributed by atoms with Gasteiger partial charge >= 0.3 is 0 Å². The van der Waals surface area contributed by atoms with E-state index in [1.54, 1.807) is 17.1 Å². The Bertz CT molecular complexity index is 619. The Balaban J connectivity index is 1.88. The van der Waals surface area contributed by atoms with E-state index in [0.29, 0.717) is 18.0 Å². The molecule has 1 N–H and O–H groups in total. The lowest BCUT2D eigenvalue weighted by molar-refractivity contribution is -0.122. The van der Waals surface area contributed by atoms with Crippen LogP contribution in [0.2, 0.25) is 5.02 Å². The van der Waals surface area contributed by atoms with Gasteiger partial charge in [-0.2, -0.15) is 10.2 Å². The molecule has 0 radical (unpaired) electrons. The van der Waals surface area contributed by atoms with Crippen LogP contribution in [0.1, 0.15) is 37.7 Å². The molecule has 2 aromatic rings. The molecule has 0 bridgehead atoms. The molecule has 2 rings (SSSR count). The maximum absolute atomic E-state index is 12.0. The molecule has 0 saturated carbocycles. The average Bonchev–Trinajstić information content (AvgIpc) is 3.05. The summed E-state index contributed by atoms with van der Waals surface area (Å²) in [7, 11) is 0. The lowest BCUT2D eigenvalue weighted by Crippen LogP contribution is -2.29. The number of hydrogen-bond donors (Lipinski definition) is 1. The first-order chi connectivity index (χ1) is 10.0. The van der Waals surface area contributed by atoms with Gasteiger partial charge in [0.1, 0.15) is 0 Å². The van der Waals surface area contributed by atoms with Crippen LogP contribution >= 0.6 is 11.6 Å². The van der Waals surface area contributed by atoms with Crippen molar-refractivity contribution in [3.63, 3.8) is 0 Å². The number of rotatable bonds is 6. The molecule has 0 aromatic carbocycles. The quantitative estimate of drug-likeness (QED) is 0.890. The van der Waals surface area contributed by atoms with E-state index in [2.05, 4.69) is 15.5 Å². The van der Waals surface area contributed by atoms with Crippen LogP contribution in [-0.2, 0) is 17.9 Å². The Kier molecular flexibility index (Phi) is 5.01. The number of halogens is 1. The fraction of sp³-hybridized carbons (Fsp3) is 0.500. The number of aryl methyl sites for hydroxylation is 2. The standard InChI is InChI=1S/C14H20ClN5O/c1-4-19-13(5-7-16-19)10(2)18-14(21)6-8-20-11(3)12(15)9-17-20/h5,7,9-10H,4,6,8H2,1-3H3,(H,18,21). The van der Waals surface area contributed by atoms with Crippen LogP contribution in [0.4, 0.5) is 0 Å². The molecule has 0 aliphatic carbocycles. The molecule has 0 spiro atoms. The van der Waals surface area contributed by atoms with Gasteiger partial charge in [0.05, 0.1) is 35.2 Å². The summed E-state index contributed by atoms with van der Waals surface area (Å²) in [6.07, 6.45) is 3.71. The normalized spacial score (nSPS) is 12.4. The van der Waals surface area contributed by atoms with E-state index in [1.165, 1.54) is 0 Å². The molecule has 1 unspecified atom stereocenters. The number of nitrogens with one attached hydrogen (secondary N) is 1. The van der Waals surface area contributed by atoms with Crippen molar-refractivity contribution >= 4 is 17.5 Å². The van der Waals surface area contributed by atoms with Crippen molar-refractivity contribution in [1.82, 2.24) is 24.9 Å². The summed E-state index contributed by atoms with van der Waals surface area (Å²) in [4.78, 5) is 12.0. The number of nitrogens with zero attached hydrogens (tertiary/aromatic N) is 4. The van der Waals surface area contributed by atoms with Gasteiger partial charge in [-0.1, -0.05) is 11.6 Å². The molecule has 0 saturated heterocycles. The van der Waals surface area contributed by atoms with Crippen LogP contribution in [-0.4, -0.2) is 25.5 Å². The third-order valence-corrected chi connectivity index (χ3v) is 3.84. The summed E-state index contributed by atoms with van der Waals surface area (Å²) >= 11 is 5.94. The highest BCUT2D eigenvalue weighted by Gasteiger charge is 2.14. The highest BCUT2D eigenvalue weighted by atomic mass is 35.5. The second-order valence-corrected chi connectivity index (χ2v) is 5.32. The van der Waals surface area contributed by atoms with Gasteiger partial charge < -0.3 is 5.32 Å². The largest absolute Gasteiger partial charge is 0.348 e. The molecule has 114 valence electrons. The van der Waals surface area contributed by atoms with Crippen molar-refractivity contribution in [1.29, 1.82) is 0 Å². The first-order valence-electron chi connectivity index (χ1n) is 7.02. The van der Waals surface area contributed by atoms with E-state index in [1.807, 2.05) is 31.5 Å². The third kappa shape index (κ3) is 3.64. The molecule has 0 aliphatic heterocycles. The van der Waals surface area contributed by atoms with Crippen LogP contribution < -0.4 is 5.32 Å². The molecule has 2 heterocycles. The third-order valence-electron chi connectivity index (χ3n) is 3.46. The van der Waals surface area contributed by atoms with E-state index in [9.17, 15) is 4.79 Å². The highest BCUT2D eigenvalue weighted by Crippen LogP contribution is 2.14. The predicted octanol–water partition coefficient (Wildman–Crippen LogP) is 2.33. The Morgan fingerprint density at radius 3 is 2.81 bits per heavy atom. The smallest absolute Gasteiger partial charge is 0.222 e. The van der Waals surface area contributed by atoms with Gasteiger partial charge in [-0.05, 0) is 26.8 Å². The van der Waals surface area contributed by atoms with E-state index in [4.69, 9.17) is 11.6 Å². The summed E-state index contributed by atoms with van der Waals surface area (Å²) < 4.78 is 3.62. The first kappa shape index (κ1) is 15.6. The zero-order chi connectivity index (χ0) is 15.4. The molecule has 0 aliphatic rings. The molecule has 1 atom stereocenters. The molecule has 7 heteroatoms. The number of amides is 1. The summed E-state index contributed by atoms with van der Waals surface area (Å²) in [5.41, 5.74) is 1.88. The monoisotopic (exact) mass is 309 g/mol. The van der Waals surface area contributed by atoms with Crippen molar-refractivity contribution in [2.24, 2.45) is 0 Å². The van der Waals surface area contributed by atoms with E-state index >= 15 is 0 Å². The summed E-state index contributed by atoms with van der Waals surface area (Å²) in [6.45, 7) is 7.17. The molecule has 1 amide bonds. The Morgan fingerprint density at radius 2 is 2.19 bits per heavy atom. The minimum atomic E-state index is -0.0674. The van der Waals surface area contributed by atoms with Gasteiger partial charge in [0.2, 0.25) is 5.91 Å². The number of hydrogen-bond acceptors (Lipinski definition) is 3. The number of carbonyl (C=O) groups excluding carboxylic acids is 1. The Morgan fingerprint density at radius 1 is 1.43 bits per heavy atom. The number of aromatic nitrogens is 4. The minimum Gasteiger partial charge on any atom is -0.348 e. The van der Waals surface area contributed by atoms with Crippen molar-refractivity contribution in [2.45, 2.75) is 46.3 Å². The van der Waals surface area contributed by atoms with Crippen molar-refractivity contribution in [2.75, 3.05) is 0 Å². The van der Waals surface area contributed by atoms with Crippen LogP contribution in [0.5, 0.6) is 0 Å². The van der Waals surface area contributed by atoms with Crippen LogP contribution in [0.3, 0.4) is 0 Å². The lowest BCUT2D eigenvalue weighted by Gasteiger charge is -2.15. The Labute approximate surface area is 129 Å². The van der Waals surface area contributed by atoms with E-state index < -0.39 is 0 Å². The van der Waals surface area contributed by atoms with Gasteiger partial charge in [0, 0.05) is 19.2 Å². The lowest BCUT2D eigenvalue weighted by atomic mass is 10.2. The highest BCUT2D eigenvalue weighted by molar-refractivity contribution is 6.31. The molecule has 21 heavy (non-hydrogen) atoms. The fourth-order valence-electron chi connectivity index (χ4n) is 2.22. The summed E-state index contributed by atoms with van der Waals surface area (Å²) in [5, 5.41) is 11.9. The van der Waals surface area contributed by atoms with Crippen LogP contribution in [0.25, 0.3) is 0 Å². The summed E-state index contributed by atoms with van der Waals surface area (Å²) in [6, 6.07) is 1.86. The van der Waals surface area contributed by atoms with Gasteiger partial charge in [0.15, 0.2) is 0 Å². The van der Waals surface area contributed by atoms with Crippen molar-refractivity contribution in [3.05, 3.63) is 34.9 Å². The van der Waals surface area contributed by atoms with Crippen LogP contribution in [0, 0.1) is 6.92 Å². The maximum Gasteiger partial charge on any atom is 0.222 e. The zero-order valence-electron chi connectivity index (χ0n) is 12.5. The molecule has 0 fully saturated rings. The van der Waals surface area contributed by atoms with Gasteiger partial charge in [0.25, 0.3) is 0 Å². The second kappa shape index (κ2) is 6.76. The van der Waals surface area contributed by atoms with E-state index in [0.717, 1.165) is 17.9 Å². The van der Waals surface area contributed by atoms with Gasteiger partial charge in [-0.15, -0.1) is 0 Å². The average molecular weight is 310 g/mol. The molecule has 6 nitrogen and oxygen atoms in total.